The molecule has 3 aromatic rings. The number of hydrogen-bond donors (Lipinski definition) is 2. The van der Waals surface area contributed by atoms with E-state index >= 15 is 0 Å². The summed E-state index contributed by atoms with van der Waals surface area (Å²) in [6.07, 6.45) is 5.56. The highest BCUT2D eigenvalue weighted by molar-refractivity contribution is 5.61. The van der Waals surface area contributed by atoms with Crippen LogP contribution >= 0.6 is 0 Å². The molecule has 0 radical (unpaired) electrons. The summed E-state index contributed by atoms with van der Waals surface area (Å²) >= 11 is 0. The predicted octanol–water partition coefficient (Wildman–Crippen LogP) is 2.48. The Hall–Kier alpha value is -2.50. The fourth-order valence-corrected chi connectivity index (χ4v) is 2.75. The number of rotatable bonds is 6. The maximum Gasteiger partial charge on any atom is 0.0992 e. The summed E-state index contributed by atoms with van der Waals surface area (Å²) < 4.78 is 1.80. The maximum absolute atomic E-state index is 10.7. The third-order valence-electron chi connectivity index (χ3n) is 4.02. The van der Waals surface area contributed by atoms with E-state index in [1.807, 2.05) is 68.8 Å². The quantitative estimate of drug-likeness (QED) is 0.732. The second kappa shape index (κ2) is 6.95. The number of nitrogens with one attached hydrogen (secondary N) is 1. The van der Waals surface area contributed by atoms with Gasteiger partial charge in [0.2, 0.25) is 0 Å². The highest BCUT2D eigenvalue weighted by Crippen LogP contribution is 2.22. The van der Waals surface area contributed by atoms with Crippen molar-refractivity contribution in [3.8, 4) is 11.3 Å². The van der Waals surface area contributed by atoms with E-state index in [1.54, 1.807) is 10.9 Å². The average molecular weight is 322 g/mol. The third kappa shape index (κ3) is 3.69. The molecular formula is C19H22N4O. The molecule has 0 amide bonds. The first-order valence-electron chi connectivity index (χ1n) is 7.98. The van der Waals surface area contributed by atoms with E-state index in [0.717, 1.165) is 22.4 Å². The van der Waals surface area contributed by atoms with Crippen molar-refractivity contribution >= 4 is 0 Å². The van der Waals surface area contributed by atoms with Crippen LogP contribution in [0.1, 0.15) is 18.1 Å². The summed E-state index contributed by atoms with van der Waals surface area (Å²) in [5.74, 6) is 0. The molecule has 1 aromatic carbocycles. The molecule has 5 heteroatoms. The van der Waals surface area contributed by atoms with Crippen molar-refractivity contribution in [1.82, 2.24) is 20.1 Å². The zero-order chi connectivity index (χ0) is 17.0. The number of pyridine rings is 1. The van der Waals surface area contributed by atoms with Crippen LogP contribution in [-0.2, 0) is 19.2 Å². The SMILES string of the molecule is Cn1cc(CNCC(C)(O)c2ccccc2)c(-c2cccnc2)n1. The Morgan fingerprint density at radius 3 is 2.67 bits per heavy atom. The lowest BCUT2D eigenvalue weighted by molar-refractivity contribution is 0.0567. The van der Waals surface area contributed by atoms with Gasteiger partial charge in [0.1, 0.15) is 0 Å². The summed E-state index contributed by atoms with van der Waals surface area (Å²) in [7, 11) is 1.91. The van der Waals surface area contributed by atoms with Gasteiger partial charge in [-0.25, -0.2) is 0 Å². The maximum atomic E-state index is 10.7. The summed E-state index contributed by atoms with van der Waals surface area (Å²) in [6.45, 7) is 2.90. The van der Waals surface area contributed by atoms with E-state index in [4.69, 9.17) is 0 Å². The van der Waals surface area contributed by atoms with Crippen LogP contribution in [-0.4, -0.2) is 26.4 Å². The third-order valence-corrected chi connectivity index (χ3v) is 4.02. The Kier molecular flexibility index (Phi) is 4.74. The molecule has 24 heavy (non-hydrogen) atoms. The zero-order valence-corrected chi connectivity index (χ0v) is 14.0. The molecule has 1 unspecified atom stereocenters. The van der Waals surface area contributed by atoms with Gasteiger partial charge in [0, 0.05) is 49.9 Å². The first kappa shape index (κ1) is 16.4. The van der Waals surface area contributed by atoms with Crippen molar-refractivity contribution in [2.45, 2.75) is 19.1 Å². The second-order valence-corrected chi connectivity index (χ2v) is 6.16. The van der Waals surface area contributed by atoms with Gasteiger partial charge in [0.25, 0.3) is 0 Å². The van der Waals surface area contributed by atoms with Crippen LogP contribution in [0.15, 0.2) is 61.1 Å². The molecule has 2 aromatic heterocycles. The lowest BCUT2D eigenvalue weighted by Gasteiger charge is -2.24. The molecule has 0 spiro atoms. The van der Waals surface area contributed by atoms with Gasteiger partial charge in [-0.05, 0) is 24.6 Å². The van der Waals surface area contributed by atoms with Crippen LogP contribution in [0.5, 0.6) is 0 Å². The topological polar surface area (TPSA) is 63.0 Å². The minimum atomic E-state index is -0.919. The van der Waals surface area contributed by atoms with Gasteiger partial charge in [-0.2, -0.15) is 5.10 Å². The molecule has 124 valence electrons. The van der Waals surface area contributed by atoms with E-state index < -0.39 is 5.60 Å². The van der Waals surface area contributed by atoms with Gasteiger partial charge in [-0.15, -0.1) is 0 Å². The largest absolute Gasteiger partial charge is 0.384 e. The fraction of sp³-hybridized carbons (Fsp3) is 0.263. The van der Waals surface area contributed by atoms with Crippen molar-refractivity contribution in [3.63, 3.8) is 0 Å². The smallest absolute Gasteiger partial charge is 0.0992 e. The Labute approximate surface area is 142 Å². The highest BCUT2D eigenvalue weighted by atomic mass is 16.3. The zero-order valence-electron chi connectivity index (χ0n) is 14.0. The van der Waals surface area contributed by atoms with E-state index in [-0.39, 0.29) is 0 Å². The van der Waals surface area contributed by atoms with E-state index in [1.165, 1.54) is 0 Å². The summed E-state index contributed by atoms with van der Waals surface area (Å²) in [6, 6.07) is 13.6. The van der Waals surface area contributed by atoms with Crippen LogP contribution in [0.2, 0.25) is 0 Å². The molecule has 0 fully saturated rings. The number of benzene rings is 1. The Bertz CT molecular complexity index is 782. The standard InChI is InChI=1S/C19H22N4O/c1-19(24,17-8-4-3-5-9-17)14-21-12-16-13-23(2)22-18(16)15-7-6-10-20-11-15/h3-11,13,21,24H,12,14H2,1-2H3. The lowest BCUT2D eigenvalue weighted by atomic mass is 9.96. The number of nitrogens with zero attached hydrogens (tertiary/aromatic N) is 3. The molecule has 1 atom stereocenters. The van der Waals surface area contributed by atoms with Crippen molar-refractivity contribution in [1.29, 1.82) is 0 Å². The minimum Gasteiger partial charge on any atom is -0.384 e. The molecule has 0 aliphatic carbocycles. The fourth-order valence-electron chi connectivity index (χ4n) is 2.75. The van der Waals surface area contributed by atoms with E-state index in [2.05, 4.69) is 15.4 Å². The molecule has 2 N–H and O–H groups in total. The Balaban J connectivity index is 1.70. The van der Waals surface area contributed by atoms with E-state index in [0.29, 0.717) is 13.1 Å². The van der Waals surface area contributed by atoms with Crippen LogP contribution in [0, 0.1) is 0 Å². The molecule has 2 heterocycles. The monoisotopic (exact) mass is 322 g/mol. The molecule has 0 aliphatic rings. The Morgan fingerprint density at radius 1 is 1.17 bits per heavy atom. The van der Waals surface area contributed by atoms with Gasteiger partial charge in [0.05, 0.1) is 11.3 Å². The van der Waals surface area contributed by atoms with Gasteiger partial charge < -0.3 is 10.4 Å². The first-order valence-corrected chi connectivity index (χ1v) is 7.98. The van der Waals surface area contributed by atoms with Crippen LogP contribution < -0.4 is 5.32 Å². The molecule has 5 nitrogen and oxygen atoms in total. The number of hydrogen-bond acceptors (Lipinski definition) is 4. The first-order chi connectivity index (χ1) is 11.6. The number of aliphatic hydroxyl groups is 1. The van der Waals surface area contributed by atoms with Crippen molar-refractivity contribution < 1.29 is 5.11 Å². The average Bonchev–Trinajstić information content (AvgIpc) is 2.97. The van der Waals surface area contributed by atoms with E-state index in [9.17, 15) is 5.11 Å². The molecule has 0 aliphatic heterocycles. The minimum absolute atomic E-state index is 0.457. The number of aromatic nitrogens is 3. The highest BCUT2D eigenvalue weighted by Gasteiger charge is 2.22. The normalized spacial score (nSPS) is 13.6. The molecule has 3 rings (SSSR count). The molecule has 0 saturated heterocycles. The van der Waals surface area contributed by atoms with Gasteiger partial charge in [-0.3, -0.25) is 9.67 Å². The van der Waals surface area contributed by atoms with Gasteiger partial charge in [0.15, 0.2) is 0 Å². The molecule has 0 bridgehead atoms. The molecular weight excluding hydrogens is 300 g/mol. The van der Waals surface area contributed by atoms with Crippen molar-refractivity contribution in [2.75, 3.05) is 6.54 Å². The van der Waals surface area contributed by atoms with Crippen LogP contribution in [0.25, 0.3) is 11.3 Å². The Morgan fingerprint density at radius 2 is 1.96 bits per heavy atom. The van der Waals surface area contributed by atoms with Crippen molar-refractivity contribution in [3.05, 3.63) is 72.2 Å². The number of aryl methyl sites for hydroxylation is 1. The predicted molar refractivity (Wildman–Crippen MR) is 94.2 cm³/mol. The summed E-state index contributed by atoms with van der Waals surface area (Å²) in [4.78, 5) is 4.16. The van der Waals surface area contributed by atoms with Crippen LogP contribution in [0.4, 0.5) is 0 Å². The second-order valence-electron chi connectivity index (χ2n) is 6.16. The summed E-state index contributed by atoms with van der Waals surface area (Å²) in [5, 5.41) is 18.5. The molecule has 0 saturated carbocycles. The van der Waals surface area contributed by atoms with Gasteiger partial charge >= 0.3 is 0 Å². The van der Waals surface area contributed by atoms with Crippen LogP contribution in [0.3, 0.4) is 0 Å². The van der Waals surface area contributed by atoms with Crippen molar-refractivity contribution in [2.24, 2.45) is 7.05 Å². The summed E-state index contributed by atoms with van der Waals surface area (Å²) in [5.41, 5.74) is 2.96. The van der Waals surface area contributed by atoms with Gasteiger partial charge in [-0.1, -0.05) is 30.3 Å². The lowest BCUT2D eigenvalue weighted by Crippen LogP contribution is -2.35.